The standard InChI is InChI=1S/C19H16O3/c1-13-16-5-3-4-6-18(16)22-19(20)17(13)12-9-14-7-10-15(21-2)11-8-14/h3-12H,1-2H3/b12-9+. The Labute approximate surface area is 128 Å². The first kappa shape index (κ1) is 14.1. The van der Waals surface area contributed by atoms with E-state index in [2.05, 4.69) is 0 Å². The van der Waals surface area contributed by atoms with Crippen molar-refractivity contribution in [2.45, 2.75) is 6.92 Å². The molecule has 110 valence electrons. The maximum Gasteiger partial charge on any atom is 0.343 e. The van der Waals surface area contributed by atoms with Crippen molar-refractivity contribution in [3.05, 3.63) is 75.6 Å². The van der Waals surface area contributed by atoms with Gasteiger partial charge in [0.1, 0.15) is 11.3 Å². The second kappa shape index (κ2) is 5.90. The molecule has 0 unspecified atom stereocenters. The van der Waals surface area contributed by atoms with Crippen LogP contribution in [-0.2, 0) is 0 Å². The van der Waals surface area contributed by atoms with Gasteiger partial charge in [0.25, 0.3) is 0 Å². The summed E-state index contributed by atoms with van der Waals surface area (Å²) in [6.07, 6.45) is 3.70. The van der Waals surface area contributed by atoms with E-state index in [1.165, 1.54) is 0 Å². The molecule has 0 radical (unpaired) electrons. The number of hydrogen-bond acceptors (Lipinski definition) is 3. The minimum absolute atomic E-state index is 0.319. The van der Waals surface area contributed by atoms with Crippen molar-refractivity contribution < 1.29 is 9.15 Å². The van der Waals surface area contributed by atoms with Gasteiger partial charge in [-0.2, -0.15) is 0 Å². The molecule has 0 fully saturated rings. The molecule has 22 heavy (non-hydrogen) atoms. The van der Waals surface area contributed by atoms with Crippen LogP contribution in [-0.4, -0.2) is 7.11 Å². The number of aryl methyl sites for hydroxylation is 1. The fourth-order valence-electron chi connectivity index (χ4n) is 2.41. The van der Waals surface area contributed by atoms with Crippen LogP contribution in [0.25, 0.3) is 23.1 Å². The van der Waals surface area contributed by atoms with Crippen LogP contribution in [0.2, 0.25) is 0 Å². The summed E-state index contributed by atoms with van der Waals surface area (Å²) in [5, 5.41) is 0.955. The van der Waals surface area contributed by atoms with Crippen LogP contribution in [0.1, 0.15) is 16.7 Å². The highest BCUT2D eigenvalue weighted by atomic mass is 16.5. The summed E-state index contributed by atoms with van der Waals surface area (Å²) in [6.45, 7) is 1.94. The molecule has 0 saturated carbocycles. The van der Waals surface area contributed by atoms with Crippen LogP contribution < -0.4 is 10.4 Å². The van der Waals surface area contributed by atoms with E-state index in [-0.39, 0.29) is 5.63 Å². The average molecular weight is 292 g/mol. The number of benzene rings is 2. The van der Waals surface area contributed by atoms with E-state index in [0.29, 0.717) is 11.1 Å². The van der Waals surface area contributed by atoms with Gasteiger partial charge in [0.05, 0.1) is 12.7 Å². The van der Waals surface area contributed by atoms with Crippen molar-refractivity contribution in [3.8, 4) is 5.75 Å². The van der Waals surface area contributed by atoms with Crippen LogP contribution in [0.15, 0.2) is 57.7 Å². The monoisotopic (exact) mass is 292 g/mol. The highest BCUT2D eigenvalue weighted by Gasteiger charge is 2.08. The van der Waals surface area contributed by atoms with Gasteiger partial charge >= 0.3 is 5.63 Å². The minimum atomic E-state index is -0.319. The van der Waals surface area contributed by atoms with Crippen LogP contribution >= 0.6 is 0 Å². The average Bonchev–Trinajstić information content (AvgIpc) is 2.55. The highest BCUT2D eigenvalue weighted by molar-refractivity contribution is 5.84. The third-order valence-electron chi connectivity index (χ3n) is 3.68. The van der Waals surface area contributed by atoms with Gasteiger partial charge in [0.2, 0.25) is 0 Å². The van der Waals surface area contributed by atoms with Gasteiger partial charge in [-0.3, -0.25) is 0 Å². The van der Waals surface area contributed by atoms with E-state index in [9.17, 15) is 4.79 Å². The molecule has 0 saturated heterocycles. The lowest BCUT2D eigenvalue weighted by atomic mass is 10.0. The molecule has 3 rings (SSSR count). The third-order valence-corrected chi connectivity index (χ3v) is 3.68. The van der Waals surface area contributed by atoms with E-state index in [0.717, 1.165) is 22.3 Å². The quantitative estimate of drug-likeness (QED) is 0.676. The Morgan fingerprint density at radius 1 is 1.00 bits per heavy atom. The highest BCUT2D eigenvalue weighted by Crippen LogP contribution is 2.20. The molecule has 3 aromatic rings. The molecule has 0 atom stereocenters. The second-order valence-corrected chi connectivity index (χ2v) is 5.03. The summed E-state index contributed by atoms with van der Waals surface area (Å²) >= 11 is 0. The molecule has 2 aromatic carbocycles. The Kier molecular flexibility index (Phi) is 3.79. The van der Waals surface area contributed by atoms with Crippen molar-refractivity contribution in [3.63, 3.8) is 0 Å². The Hall–Kier alpha value is -2.81. The van der Waals surface area contributed by atoms with Gasteiger partial charge in [0.15, 0.2) is 0 Å². The van der Waals surface area contributed by atoms with Crippen LogP contribution in [0.5, 0.6) is 5.75 Å². The molecule has 0 aliphatic rings. The van der Waals surface area contributed by atoms with E-state index in [1.54, 1.807) is 19.3 Å². The largest absolute Gasteiger partial charge is 0.497 e. The van der Waals surface area contributed by atoms with Crippen LogP contribution in [0.4, 0.5) is 0 Å². The van der Waals surface area contributed by atoms with Gasteiger partial charge in [0, 0.05) is 5.39 Å². The lowest BCUT2D eigenvalue weighted by Gasteiger charge is -2.04. The Morgan fingerprint density at radius 2 is 1.73 bits per heavy atom. The molecule has 0 aliphatic carbocycles. The van der Waals surface area contributed by atoms with E-state index >= 15 is 0 Å². The Bertz CT molecular complexity index is 887. The summed E-state index contributed by atoms with van der Waals surface area (Å²) in [4.78, 5) is 12.1. The number of rotatable bonds is 3. The molecule has 3 heteroatoms. The lowest BCUT2D eigenvalue weighted by Crippen LogP contribution is -2.05. The molecule has 3 nitrogen and oxygen atoms in total. The number of hydrogen-bond donors (Lipinski definition) is 0. The summed E-state index contributed by atoms with van der Waals surface area (Å²) in [6, 6.07) is 15.2. The maximum absolute atomic E-state index is 12.1. The minimum Gasteiger partial charge on any atom is -0.497 e. The van der Waals surface area contributed by atoms with Crippen molar-refractivity contribution in [1.29, 1.82) is 0 Å². The van der Waals surface area contributed by atoms with Gasteiger partial charge in [-0.25, -0.2) is 4.79 Å². The van der Waals surface area contributed by atoms with Crippen LogP contribution in [0, 0.1) is 6.92 Å². The van der Waals surface area contributed by atoms with Gasteiger partial charge in [-0.05, 0) is 42.3 Å². The van der Waals surface area contributed by atoms with E-state index < -0.39 is 0 Å². The van der Waals surface area contributed by atoms with Crippen molar-refractivity contribution >= 4 is 23.1 Å². The molecule has 0 spiro atoms. The summed E-state index contributed by atoms with van der Waals surface area (Å²) in [7, 11) is 1.63. The summed E-state index contributed by atoms with van der Waals surface area (Å²) < 4.78 is 10.5. The fraction of sp³-hybridized carbons (Fsp3) is 0.105. The fourth-order valence-corrected chi connectivity index (χ4v) is 2.41. The Morgan fingerprint density at radius 3 is 2.45 bits per heavy atom. The van der Waals surface area contributed by atoms with E-state index in [1.807, 2.05) is 55.5 Å². The first-order valence-corrected chi connectivity index (χ1v) is 7.03. The van der Waals surface area contributed by atoms with Crippen molar-refractivity contribution in [1.82, 2.24) is 0 Å². The summed E-state index contributed by atoms with van der Waals surface area (Å²) in [5.41, 5.74) is 2.80. The smallest absolute Gasteiger partial charge is 0.343 e. The molecular formula is C19H16O3. The molecular weight excluding hydrogens is 276 g/mol. The number of fused-ring (bicyclic) bond motifs is 1. The normalized spacial score (nSPS) is 11.2. The number of methoxy groups -OCH3 is 1. The summed E-state index contributed by atoms with van der Waals surface area (Å²) in [5.74, 6) is 0.804. The van der Waals surface area contributed by atoms with Gasteiger partial charge in [-0.1, -0.05) is 36.4 Å². The molecule has 0 amide bonds. The van der Waals surface area contributed by atoms with E-state index in [4.69, 9.17) is 9.15 Å². The van der Waals surface area contributed by atoms with Gasteiger partial charge in [-0.15, -0.1) is 0 Å². The topological polar surface area (TPSA) is 39.4 Å². The van der Waals surface area contributed by atoms with Crippen LogP contribution in [0.3, 0.4) is 0 Å². The second-order valence-electron chi connectivity index (χ2n) is 5.03. The molecule has 1 heterocycles. The zero-order chi connectivity index (χ0) is 15.5. The SMILES string of the molecule is COc1ccc(/C=C/c2c(C)c3ccccc3oc2=O)cc1. The first-order valence-electron chi connectivity index (χ1n) is 7.03. The first-order chi connectivity index (χ1) is 10.7. The zero-order valence-electron chi connectivity index (χ0n) is 12.5. The third kappa shape index (κ3) is 2.66. The zero-order valence-corrected chi connectivity index (χ0v) is 12.5. The number of ether oxygens (including phenoxy) is 1. The molecule has 1 aromatic heterocycles. The number of para-hydroxylation sites is 1. The van der Waals surface area contributed by atoms with Crippen molar-refractivity contribution in [2.24, 2.45) is 0 Å². The molecule has 0 bridgehead atoms. The van der Waals surface area contributed by atoms with Gasteiger partial charge < -0.3 is 9.15 Å². The molecule has 0 aliphatic heterocycles. The Balaban J connectivity index is 2.02. The predicted octanol–water partition coefficient (Wildman–Crippen LogP) is 4.28. The predicted molar refractivity (Wildman–Crippen MR) is 89.1 cm³/mol. The van der Waals surface area contributed by atoms with Crippen molar-refractivity contribution in [2.75, 3.05) is 7.11 Å². The maximum atomic E-state index is 12.1. The lowest BCUT2D eigenvalue weighted by molar-refractivity contribution is 0.415. The molecule has 0 N–H and O–H groups in total.